The van der Waals surface area contributed by atoms with Gasteiger partial charge in [-0.05, 0) is 29.9 Å². The molecule has 0 aliphatic rings. The predicted octanol–water partition coefficient (Wildman–Crippen LogP) is 12.1. The monoisotopic (exact) mass is 509 g/mol. The van der Waals surface area contributed by atoms with Crippen molar-refractivity contribution in [2.45, 2.75) is 129 Å². The second-order valence-electron chi connectivity index (χ2n) is 11.6. The third kappa shape index (κ3) is 8.55. The number of para-hydroxylation sites is 1. The second kappa shape index (κ2) is 16.5. The number of nitrogens with zero attached hydrogens (tertiary/aromatic N) is 1. The molecule has 0 aliphatic carbocycles. The van der Waals surface area contributed by atoms with Crippen LogP contribution < -0.4 is 0 Å². The fourth-order valence-electron chi connectivity index (χ4n) is 6.18. The molecule has 0 amide bonds. The maximum atomic E-state index is 5.10. The number of unbranched alkanes of at least 4 members (excludes halogenated alkanes) is 17. The zero-order valence-electron chi connectivity index (χ0n) is 24.2. The van der Waals surface area contributed by atoms with Crippen LogP contribution in [0, 0.1) is 0 Å². The van der Waals surface area contributed by atoms with Gasteiger partial charge in [-0.15, -0.1) is 0 Å². The van der Waals surface area contributed by atoms with Crippen molar-refractivity contribution in [2.24, 2.45) is 0 Å². The predicted molar refractivity (Wildman–Crippen MR) is 169 cm³/mol. The molecule has 4 rings (SSSR count). The van der Waals surface area contributed by atoms with E-state index in [2.05, 4.69) is 67.6 Å². The van der Waals surface area contributed by atoms with Crippen LogP contribution in [0.5, 0.6) is 0 Å². The molecule has 3 aromatic carbocycles. The molecule has 204 valence electrons. The molecule has 0 aliphatic heterocycles. The first kappa shape index (κ1) is 28.6. The smallest absolute Gasteiger partial charge is 0.0790 e. The Kier molecular flexibility index (Phi) is 12.4. The van der Waals surface area contributed by atoms with Crippen LogP contribution in [0.4, 0.5) is 0 Å². The Balaban J connectivity index is 1.11. The van der Waals surface area contributed by atoms with Crippen molar-refractivity contribution in [3.63, 3.8) is 0 Å². The average molecular weight is 510 g/mol. The fourth-order valence-corrected chi connectivity index (χ4v) is 6.18. The number of fused-ring (bicyclic) bond motifs is 4. The van der Waals surface area contributed by atoms with Gasteiger partial charge < -0.3 is 0 Å². The standard InChI is InChI=1S/C37H51N/c1-2-3-4-5-6-7-8-9-10-11-12-13-14-15-16-17-18-19-26-33-34-27-22-23-28-36(34)38-37-32-25-21-20-24-31(32)29-30-35(33)37/h20-25,27-30H,2-19,26H2,1H3. The highest BCUT2D eigenvalue weighted by Gasteiger charge is 2.11. The second-order valence-corrected chi connectivity index (χ2v) is 11.6. The number of aromatic nitrogens is 1. The van der Waals surface area contributed by atoms with E-state index in [4.69, 9.17) is 4.98 Å². The van der Waals surface area contributed by atoms with E-state index in [-0.39, 0.29) is 0 Å². The number of hydrogen-bond donors (Lipinski definition) is 0. The molecule has 0 spiro atoms. The number of pyridine rings is 1. The maximum absolute atomic E-state index is 5.10. The van der Waals surface area contributed by atoms with E-state index in [1.54, 1.807) is 0 Å². The minimum absolute atomic E-state index is 1.13. The van der Waals surface area contributed by atoms with Crippen molar-refractivity contribution in [3.05, 3.63) is 66.2 Å². The van der Waals surface area contributed by atoms with E-state index < -0.39 is 0 Å². The van der Waals surface area contributed by atoms with Crippen LogP contribution in [-0.2, 0) is 6.42 Å². The first-order valence-electron chi connectivity index (χ1n) is 16.1. The molecule has 0 saturated carbocycles. The first-order valence-corrected chi connectivity index (χ1v) is 16.1. The summed E-state index contributed by atoms with van der Waals surface area (Å²) >= 11 is 0. The zero-order chi connectivity index (χ0) is 26.3. The summed E-state index contributed by atoms with van der Waals surface area (Å²) in [6, 6.07) is 22.0. The van der Waals surface area contributed by atoms with Crippen molar-refractivity contribution in [2.75, 3.05) is 0 Å². The summed E-state index contributed by atoms with van der Waals surface area (Å²) in [5.74, 6) is 0. The summed E-state index contributed by atoms with van der Waals surface area (Å²) in [6.07, 6.45) is 26.8. The van der Waals surface area contributed by atoms with Gasteiger partial charge in [-0.3, -0.25) is 0 Å². The fraction of sp³-hybridized carbons (Fsp3) is 0.541. The topological polar surface area (TPSA) is 12.9 Å². The lowest BCUT2D eigenvalue weighted by atomic mass is 9.95. The third-order valence-corrected chi connectivity index (χ3v) is 8.47. The molecule has 0 bridgehead atoms. The number of benzene rings is 3. The molecule has 1 aromatic heterocycles. The van der Waals surface area contributed by atoms with E-state index >= 15 is 0 Å². The summed E-state index contributed by atoms with van der Waals surface area (Å²) in [6.45, 7) is 2.30. The Morgan fingerprint density at radius 1 is 0.447 bits per heavy atom. The van der Waals surface area contributed by atoms with Gasteiger partial charge in [0.15, 0.2) is 0 Å². The van der Waals surface area contributed by atoms with E-state index in [1.807, 2.05) is 0 Å². The molecule has 0 fully saturated rings. The van der Waals surface area contributed by atoms with Gasteiger partial charge in [-0.2, -0.15) is 0 Å². The van der Waals surface area contributed by atoms with Crippen LogP contribution in [0.3, 0.4) is 0 Å². The number of aryl methyl sites for hydroxylation is 1. The highest BCUT2D eigenvalue weighted by atomic mass is 14.7. The highest BCUT2D eigenvalue weighted by Crippen LogP contribution is 2.32. The van der Waals surface area contributed by atoms with Gasteiger partial charge in [0, 0.05) is 16.2 Å². The van der Waals surface area contributed by atoms with Gasteiger partial charge in [-0.25, -0.2) is 4.98 Å². The zero-order valence-corrected chi connectivity index (χ0v) is 24.2. The normalized spacial score (nSPS) is 11.7. The molecule has 0 unspecified atom stereocenters. The lowest BCUT2D eigenvalue weighted by Gasteiger charge is -2.13. The van der Waals surface area contributed by atoms with Crippen molar-refractivity contribution >= 4 is 32.6 Å². The first-order chi connectivity index (χ1) is 18.9. The van der Waals surface area contributed by atoms with Crippen LogP contribution in [0.1, 0.15) is 128 Å². The lowest BCUT2D eigenvalue weighted by Crippen LogP contribution is -1.94. The molecule has 0 atom stereocenters. The van der Waals surface area contributed by atoms with Crippen LogP contribution in [0.25, 0.3) is 32.6 Å². The van der Waals surface area contributed by atoms with Crippen molar-refractivity contribution < 1.29 is 0 Å². The van der Waals surface area contributed by atoms with Crippen molar-refractivity contribution in [1.82, 2.24) is 4.98 Å². The number of hydrogen-bond acceptors (Lipinski definition) is 1. The summed E-state index contributed by atoms with van der Waals surface area (Å²) in [5, 5.41) is 5.23. The summed E-state index contributed by atoms with van der Waals surface area (Å²) < 4.78 is 0. The minimum atomic E-state index is 1.13. The van der Waals surface area contributed by atoms with Gasteiger partial charge in [0.05, 0.1) is 11.0 Å². The lowest BCUT2D eigenvalue weighted by molar-refractivity contribution is 0.525. The summed E-state index contributed by atoms with van der Waals surface area (Å²) in [7, 11) is 0. The summed E-state index contributed by atoms with van der Waals surface area (Å²) in [4.78, 5) is 5.10. The molecule has 1 heterocycles. The van der Waals surface area contributed by atoms with Crippen LogP contribution in [0.2, 0.25) is 0 Å². The SMILES string of the molecule is CCCCCCCCCCCCCCCCCCCCc1c2ccccc2nc2c1ccc1ccccc12. The molecule has 0 radical (unpaired) electrons. The Hall–Kier alpha value is -2.41. The molecule has 0 N–H and O–H groups in total. The van der Waals surface area contributed by atoms with Gasteiger partial charge in [0.25, 0.3) is 0 Å². The minimum Gasteiger partial charge on any atom is -0.247 e. The Bertz CT molecular complexity index is 1220. The van der Waals surface area contributed by atoms with Crippen molar-refractivity contribution in [3.8, 4) is 0 Å². The third-order valence-electron chi connectivity index (χ3n) is 8.47. The Morgan fingerprint density at radius 2 is 0.947 bits per heavy atom. The molecule has 1 heteroatoms. The average Bonchev–Trinajstić information content (AvgIpc) is 2.96. The summed E-state index contributed by atoms with van der Waals surface area (Å²) in [5.41, 5.74) is 3.79. The van der Waals surface area contributed by atoms with Crippen LogP contribution >= 0.6 is 0 Å². The molecule has 1 nitrogen and oxygen atoms in total. The molecule has 0 saturated heterocycles. The molecule has 38 heavy (non-hydrogen) atoms. The van der Waals surface area contributed by atoms with Crippen LogP contribution in [-0.4, -0.2) is 4.98 Å². The highest BCUT2D eigenvalue weighted by molar-refractivity contribution is 6.10. The Labute approximate surface area is 232 Å². The van der Waals surface area contributed by atoms with E-state index in [9.17, 15) is 0 Å². The van der Waals surface area contributed by atoms with Crippen molar-refractivity contribution in [1.29, 1.82) is 0 Å². The van der Waals surface area contributed by atoms with Crippen LogP contribution in [0.15, 0.2) is 60.7 Å². The van der Waals surface area contributed by atoms with E-state index in [1.165, 1.54) is 148 Å². The largest absolute Gasteiger partial charge is 0.247 e. The Morgan fingerprint density at radius 3 is 1.55 bits per heavy atom. The molecular weight excluding hydrogens is 458 g/mol. The van der Waals surface area contributed by atoms with Gasteiger partial charge in [-0.1, -0.05) is 171 Å². The number of rotatable bonds is 19. The van der Waals surface area contributed by atoms with Gasteiger partial charge >= 0.3 is 0 Å². The molecule has 4 aromatic rings. The molecular formula is C37H51N. The van der Waals surface area contributed by atoms with E-state index in [0.717, 1.165) is 11.9 Å². The van der Waals surface area contributed by atoms with Gasteiger partial charge in [0.2, 0.25) is 0 Å². The quantitative estimate of drug-likeness (QED) is 0.0695. The van der Waals surface area contributed by atoms with Gasteiger partial charge in [0.1, 0.15) is 0 Å². The maximum Gasteiger partial charge on any atom is 0.0790 e. The van der Waals surface area contributed by atoms with E-state index in [0.29, 0.717) is 0 Å².